The van der Waals surface area contributed by atoms with Gasteiger partial charge >= 0.3 is 0 Å². The number of nitrogens with one attached hydrogen (secondary N) is 2. The van der Waals surface area contributed by atoms with Gasteiger partial charge < -0.3 is 30.6 Å². The number of carbonyl (C=O) groups excluding carboxylic acids is 1. The van der Waals surface area contributed by atoms with Crippen LogP contribution in [-0.4, -0.2) is 48.3 Å². The minimum atomic E-state index is -0.0236. The van der Waals surface area contributed by atoms with Crippen LogP contribution in [0.25, 0.3) is 11.0 Å². The molecule has 1 fully saturated rings. The zero-order valence-electron chi connectivity index (χ0n) is 20.4. The number of nitrogens with two attached hydrogens (primary N) is 1. The molecule has 0 spiro atoms. The summed E-state index contributed by atoms with van der Waals surface area (Å²) < 4.78 is 17.0. The van der Waals surface area contributed by atoms with Gasteiger partial charge in [-0.1, -0.05) is 6.07 Å². The van der Waals surface area contributed by atoms with E-state index < -0.39 is 0 Å². The summed E-state index contributed by atoms with van der Waals surface area (Å²) in [6, 6.07) is 11.9. The summed E-state index contributed by atoms with van der Waals surface area (Å²) in [5, 5.41) is 6.72. The van der Waals surface area contributed by atoms with Crippen molar-refractivity contribution in [2.24, 2.45) is 11.7 Å². The molecule has 0 unspecified atom stereocenters. The van der Waals surface area contributed by atoms with Gasteiger partial charge in [0, 0.05) is 30.8 Å². The second-order valence-corrected chi connectivity index (χ2v) is 9.26. The molecule has 5 rings (SSSR count). The topological polar surface area (TPSA) is 121 Å². The Bertz CT molecular complexity index is 1200. The van der Waals surface area contributed by atoms with Gasteiger partial charge in [-0.15, -0.1) is 0 Å². The smallest absolute Gasteiger partial charge is 0.227 e. The van der Waals surface area contributed by atoms with Crippen molar-refractivity contribution in [3.05, 3.63) is 48.2 Å². The molecular weight excluding hydrogens is 458 g/mol. The third kappa shape index (κ3) is 5.85. The van der Waals surface area contributed by atoms with Crippen molar-refractivity contribution in [3.8, 4) is 17.4 Å². The van der Waals surface area contributed by atoms with Crippen molar-refractivity contribution in [2.75, 3.05) is 31.7 Å². The Hall–Kier alpha value is -3.43. The molecular formula is C27H33N5O4. The maximum absolute atomic E-state index is 13.1. The molecule has 1 aliphatic carbocycles. The number of anilines is 1. The van der Waals surface area contributed by atoms with Crippen LogP contribution in [0.2, 0.25) is 0 Å². The average Bonchev–Trinajstić information content (AvgIpc) is 2.92. The highest BCUT2D eigenvalue weighted by molar-refractivity contribution is 6.00. The first-order valence-electron chi connectivity index (χ1n) is 12.7. The molecule has 9 heteroatoms. The van der Waals surface area contributed by atoms with E-state index in [2.05, 4.69) is 26.7 Å². The number of amides is 1. The minimum Gasteiger partial charge on any atom is -0.486 e. The van der Waals surface area contributed by atoms with Gasteiger partial charge in [0.15, 0.2) is 11.5 Å². The Kier molecular flexibility index (Phi) is 7.78. The van der Waals surface area contributed by atoms with E-state index in [0.29, 0.717) is 55.0 Å². The van der Waals surface area contributed by atoms with E-state index in [4.69, 9.17) is 19.9 Å². The Morgan fingerprint density at radius 3 is 2.72 bits per heavy atom. The second kappa shape index (κ2) is 11.5. The van der Waals surface area contributed by atoms with Gasteiger partial charge in [0.1, 0.15) is 18.7 Å². The Labute approximate surface area is 210 Å². The molecule has 2 aliphatic rings. The third-order valence-electron chi connectivity index (χ3n) is 6.71. The number of hydrogen-bond acceptors (Lipinski definition) is 8. The molecule has 1 aliphatic heterocycles. The van der Waals surface area contributed by atoms with E-state index in [1.807, 2.05) is 18.2 Å². The average molecular weight is 492 g/mol. The van der Waals surface area contributed by atoms with Crippen LogP contribution >= 0.6 is 0 Å². The van der Waals surface area contributed by atoms with Gasteiger partial charge in [0.05, 0.1) is 17.8 Å². The van der Waals surface area contributed by atoms with E-state index in [0.717, 1.165) is 50.1 Å². The molecule has 0 atom stereocenters. The molecule has 1 saturated carbocycles. The number of nitrogens with zero attached hydrogens (tertiary/aromatic N) is 2. The van der Waals surface area contributed by atoms with Crippen LogP contribution in [0.1, 0.15) is 37.7 Å². The van der Waals surface area contributed by atoms with E-state index in [9.17, 15) is 4.79 Å². The Morgan fingerprint density at radius 2 is 1.89 bits per heavy atom. The summed E-state index contributed by atoms with van der Waals surface area (Å²) in [6.07, 6.45) is 6.04. The highest BCUT2D eigenvalue weighted by atomic mass is 16.6. The first-order chi connectivity index (χ1) is 17.7. The third-order valence-corrected chi connectivity index (χ3v) is 6.71. The maximum Gasteiger partial charge on any atom is 0.227 e. The summed E-state index contributed by atoms with van der Waals surface area (Å²) >= 11 is 0. The molecule has 4 N–H and O–H groups in total. The monoisotopic (exact) mass is 491 g/mol. The standard InChI is InChI=1S/C27H33N5O4/c28-11-1-13-36-25-9-7-21-26(32-25)22(10-12-29-21)31-27(33)19-3-5-20(6-4-19)30-17-18-2-8-23-24(16-18)35-15-14-34-23/h2,7-10,12,16,19-20,30H,1,3-6,11,13-15,17,28H2,(H,29,31,33). The van der Waals surface area contributed by atoms with Crippen LogP contribution in [0.3, 0.4) is 0 Å². The van der Waals surface area contributed by atoms with Crippen LogP contribution in [0.15, 0.2) is 42.6 Å². The number of carbonyl (C=O) groups is 1. The largest absolute Gasteiger partial charge is 0.486 e. The highest BCUT2D eigenvalue weighted by Gasteiger charge is 2.26. The second-order valence-electron chi connectivity index (χ2n) is 9.26. The molecule has 3 heterocycles. The molecule has 0 bridgehead atoms. The van der Waals surface area contributed by atoms with Gasteiger partial charge in [0.2, 0.25) is 11.8 Å². The zero-order chi connectivity index (χ0) is 24.7. The number of ether oxygens (including phenoxy) is 3. The lowest BCUT2D eigenvalue weighted by Gasteiger charge is -2.29. The lowest BCUT2D eigenvalue weighted by Crippen LogP contribution is -2.36. The Balaban J connectivity index is 1.14. The van der Waals surface area contributed by atoms with Gasteiger partial charge in [0.25, 0.3) is 0 Å². The fraction of sp³-hybridized carbons (Fsp3) is 0.444. The number of aromatic nitrogens is 2. The van der Waals surface area contributed by atoms with Crippen LogP contribution in [0.4, 0.5) is 5.69 Å². The van der Waals surface area contributed by atoms with Crippen molar-refractivity contribution in [2.45, 2.75) is 44.7 Å². The maximum atomic E-state index is 13.1. The number of benzene rings is 1. The van der Waals surface area contributed by atoms with Gasteiger partial charge in [-0.3, -0.25) is 9.78 Å². The fourth-order valence-corrected chi connectivity index (χ4v) is 4.70. The molecule has 36 heavy (non-hydrogen) atoms. The van der Waals surface area contributed by atoms with E-state index in [-0.39, 0.29) is 11.8 Å². The molecule has 1 amide bonds. The number of hydrogen-bond donors (Lipinski definition) is 3. The lowest BCUT2D eigenvalue weighted by atomic mass is 9.85. The van der Waals surface area contributed by atoms with Crippen LogP contribution < -0.4 is 30.6 Å². The highest BCUT2D eigenvalue weighted by Crippen LogP contribution is 2.31. The normalized spacial score (nSPS) is 19.1. The molecule has 2 aromatic heterocycles. The quantitative estimate of drug-likeness (QED) is 0.390. The van der Waals surface area contributed by atoms with Crippen molar-refractivity contribution >= 4 is 22.6 Å². The van der Waals surface area contributed by atoms with E-state index in [1.165, 1.54) is 5.56 Å². The summed E-state index contributed by atoms with van der Waals surface area (Å²) in [5.41, 5.74) is 8.71. The molecule has 0 saturated heterocycles. The number of fused-ring (bicyclic) bond motifs is 2. The molecule has 1 aromatic carbocycles. The SMILES string of the molecule is NCCCOc1ccc2nccc(NC(=O)C3CCC(NCc4ccc5c(c4)OCCO5)CC3)c2n1. The van der Waals surface area contributed by atoms with Crippen molar-refractivity contribution in [1.82, 2.24) is 15.3 Å². The van der Waals surface area contributed by atoms with Crippen molar-refractivity contribution in [1.29, 1.82) is 0 Å². The summed E-state index contributed by atoms with van der Waals surface area (Å²) in [7, 11) is 0. The van der Waals surface area contributed by atoms with Crippen LogP contribution in [0.5, 0.6) is 17.4 Å². The lowest BCUT2D eigenvalue weighted by molar-refractivity contribution is -0.120. The summed E-state index contributed by atoms with van der Waals surface area (Å²) in [4.78, 5) is 22.0. The molecule has 3 aromatic rings. The predicted molar refractivity (Wildman–Crippen MR) is 137 cm³/mol. The van der Waals surface area contributed by atoms with Gasteiger partial charge in [-0.05, 0) is 68.5 Å². The molecule has 0 radical (unpaired) electrons. The molecule has 190 valence electrons. The van der Waals surface area contributed by atoms with E-state index >= 15 is 0 Å². The van der Waals surface area contributed by atoms with E-state index in [1.54, 1.807) is 18.3 Å². The predicted octanol–water partition coefficient (Wildman–Crippen LogP) is 3.42. The zero-order valence-corrected chi connectivity index (χ0v) is 20.4. The fourth-order valence-electron chi connectivity index (χ4n) is 4.70. The van der Waals surface area contributed by atoms with Crippen molar-refractivity contribution < 1.29 is 19.0 Å². The van der Waals surface area contributed by atoms with Crippen LogP contribution in [0, 0.1) is 5.92 Å². The summed E-state index contributed by atoms with van der Waals surface area (Å²) in [6.45, 7) is 3.02. The number of rotatable bonds is 9. The number of pyridine rings is 2. The van der Waals surface area contributed by atoms with Crippen LogP contribution in [-0.2, 0) is 11.3 Å². The minimum absolute atomic E-state index is 0.0236. The van der Waals surface area contributed by atoms with Crippen molar-refractivity contribution in [3.63, 3.8) is 0 Å². The first kappa shape index (κ1) is 24.3. The van der Waals surface area contributed by atoms with Gasteiger partial charge in [-0.2, -0.15) is 0 Å². The Morgan fingerprint density at radius 1 is 1.06 bits per heavy atom. The first-order valence-corrected chi connectivity index (χ1v) is 12.7. The van der Waals surface area contributed by atoms with Gasteiger partial charge in [-0.25, -0.2) is 4.98 Å². The summed E-state index contributed by atoms with van der Waals surface area (Å²) in [5.74, 6) is 2.13. The molecule has 9 nitrogen and oxygen atoms in total.